The number of thioether (sulfide) groups is 1. The topological polar surface area (TPSA) is 105 Å². The van der Waals surface area contributed by atoms with E-state index in [2.05, 4.69) is 29.1 Å². The molecule has 1 aliphatic heterocycles. The standard InChI is InChI=1S/C19H17N3O4S3.ClH/c1-27-17-12(6-7-28-17)16-21-13(9-29-16)10-2-4-14-11(8-10)3-5-15(25-14)26-18(20)22-19(23)24;/h2,4,6-9,15H,3,5H2,1H3,(H2,20,22)(H,23,24);1H. The normalized spacial score (nSPS) is 14.8. The molecular formula is C19H18ClN3O4S3. The van der Waals surface area contributed by atoms with E-state index in [1.54, 1.807) is 34.4 Å². The van der Waals surface area contributed by atoms with Crippen LogP contribution in [0.5, 0.6) is 5.75 Å². The van der Waals surface area contributed by atoms with E-state index in [9.17, 15) is 4.79 Å². The number of carbonyl (C=O) groups is 1. The highest BCUT2D eigenvalue weighted by atomic mass is 35.5. The first-order valence-electron chi connectivity index (χ1n) is 8.66. The van der Waals surface area contributed by atoms with E-state index in [0.29, 0.717) is 18.6 Å². The van der Waals surface area contributed by atoms with Gasteiger partial charge in [0.1, 0.15) is 10.8 Å². The highest BCUT2D eigenvalue weighted by Crippen LogP contribution is 2.39. The van der Waals surface area contributed by atoms with Gasteiger partial charge in [-0.15, -0.1) is 46.8 Å². The van der Waals surface area contributed by atoms with E-state index in [-0.39, 0.29) is 12.4 Å². The number of amidine groups is 1. The molecule has 0 fully saturated rings. The third-order valence-corrected chi connectivity index (χ3v) is 7.24. The summed E-state index contributed by atoms with van der Waals surface area (Å²) >= 11 is 5.09. The number of nitrogens with zero attached hydrogens (tertiary/aromatic N) is 1. The highest BCUT2D eigenvalue weighted by molar-refractivity contribution is 8.00. The molecule has 11 heteroatoms. The molecular weight excluding hydrogens is 466 g/mol. The molecule has 3 N–H and O–H groups in total. The second-order valence-electron chi connectivity index (χ2n) is 6.15. The summed E-state index contributed by atoms with van der Waals surface area (Å²) in [5.41, 5.74) is 4.17. The summed E-state index contributed by atoms with van der Waals surface area (Å²) in [7, 11) is 0. The fourth-order valence-electron chi connectivity index (χ4n) is 3.01. The number of aromatic nitrogens is 1. The number of aryl methyl sites for hydroxylation is 1. The molecule has 0 saturated heterocycles. The number of ether oxygens (including phenoxy) is 2. The lowest BCUT2D eigenvalue weighted by Crippen LogP contribution is -2.36. The van der Waals surface area contributed by atoms with Crippen molar-refractivity contribution in [2.24, 2.45) is 0 Å². The van der Waals surface area contributed by atoms with Gasteiger partial charge < -0.3 is 14.6 Å². The Kier molecular flexibility index (Phi) is 7.24. The van der Waals surface area contributed by atoms with Crippen LogP contribution in [0.25, 0.3) is 21.8 Å². The first-order valence-corrected chi connectivity index (χ1v) is 11.6. The number of thiazole rings is 1. The molecule has 158 valence electrons. The van der Waals surface area contributed by atoms with Gasteiger partial charge in [0, 0.05) is 22.9 Å². The lowest BCUT2D eigenvalue weighted by Gasteiger charge is -2.26. The average Bonchev–Trinajstić information content (AvgIpc) is 3.35. The maximum atomic E-state index is 10.6. The van der Waals surface area contributed by atoms with Crippen LogP contribution in [0.4, 0.5) is 4.79 Å². The number of benzene rings is 1. The fraction of sp³-hybridized carbons (Fsp3) is 0.211. The number of thiophene rings is 1. The van der Waals surface area contributed by atoms with Crippen LogP contribution in [0.1, 0.15) is 12.0 Å². The molecule has 1 atom stereocenters. The van der Waals surface area contributed by atoms with Gasteiger partial charge in [0.05, 0.1) is 9.90 Å². The largest absolute Gasteiger partial charge is 0.465 e. The molecule has 0 aliphatic carbocycles. The van der Waals surface area contributed by atoms with Crippen molar-refractivity contribution >= 4 is 59.0 Å². The molecule has 3 heterocycles. The number of fused-ring (bicyclic) bond motifs is 1. The minimum absolute atomic E-state index is 0. The van der Waals surface area contributed by atoms with Crippen LogP contribution in [0.2, 0.25) is 0 Å². The summed E-state index contributed by atoms with van der Waals surface area (Å²) in [5, 5.41) is 23.1. The maximum Gasteiger partial charge on any atom is 0.412 e. The molecule has 0 spiro atoms. The minimum Gasteiger partial charge on any atom is -0.465 e. The third kappa shape index (κ3) is 4.89. The number of nitrogens with one attached hydrogen (secondary N) is 2. The van der Waals surface area contributed by atoms with Gasteiger partial charge >= 0.3 is 6.09 Å². The molecule has 7 nitrogen and oxygen atoms in total. The molecule has 1 aromatic carbocycles. The highest BCUT2D eigenvalue weighted by Gasteiger charge is 2.23. The van der Waals surface area contributed by atoms with E-state index in [0.717, 1.165) is 21.8 Å². The van der Waals surface area contributed by atoms with Gasteiger partial charge in [0.2, 0.25) is 6.29 Å². The van der Waals surface area contributed by atoms with Gasteiger partial charge in [-0.25, -0.2) is 15.1 Å². The summed E-state index contributed by atoms with van der Waals surface area (Å²) in [6.07, 6.45) is 1.26. The number of halogens is 1. The molecule has 0 bridgehead atoms. The van der Waals surface area contributed by atoms with Crippen LogP contribution < -0.4 is 10.1 Å². The third-order valence-electron chi connectivity index (χ3n) is 4.28. The summed E-state index contributed by atoms with van der Waals surface area (Å²) in [6.45, 7) is 0. The quantitative estimate of drug-likeness (QED) is 0.255. The lowest BCUT2D eigenvalue weighted by molar-refractivity contribution is -0.0236. The van der Waals surface area contributed by atoms with Gasteiger partial charge in [-0.2, -0.15) is 0 Å². The average molecular weight is 484 g/mol. The Hall–Kier alpha value is -2.27. The van der Waals surface area contributed by atoms with Crippen LogP contribution in [0.15, 0.2) is 39.2 Å². The molecule has 30 heavy (non-hydrogen) atoms. The van der Waals surface area contributed by atoms with E-state index in [4.69, 9.17) is 25.0 Å². The summed E-state index contributed by atoms with van der Waals surface area (Å²) in [6, 6.07) is 7.44. The minimum atomic E-state index is -1.34. The van der Waals surface area contributed by atoms with E-state index >= 15 is 0 Å². The van der Waals surface area contributed by atoms with Gasteiger partial charge in [0.15, 0.2) is 0 Å². The number of hydrogen-bond acceptors (Lipinski definition) is 8. The molecule has 1 amide bonds. The monoisotopic (exact) mass is 483 g/mol. The Morgan fingerprint density at radius 2 is 2.23 bits per heavy atom. The van der Waals surface area contributed by atoms with Gasteiger partial charge in [-0.05, 0) is 47.9 Å². The summed E-state index contributed by atoms with van der Waals surface area (Å²) in [5.74, 6) is 0.672. The van der Waals surface area contributed by atoms with Crippen LogP contribution in [0, 0.1) is 5.41 Å². The van der Waals surface area contributed by atoms with Crippen molar-refractivity contribution in [2.75, 3.05) is 6.26 Å². The Morgan fingerprint density at radius 3 is 3.00 bits per heavy atom. The molecule has 1 aliphatic rings. The Labute approximate surface area is 191 Å². The molecule has 2 aromatic heterocycles. The Morgan fingerprint density at radius 1 is 1.40 bits per heavy atom. The van der Waals surface area contributed by atoms with Crippen LogP contribution in [-0.2, 0) is 11.2 Å². The molecule has 1 unspecified atom stereocenters. The molecule has 0 saturated carbocycles. The van der Waals surface area contributed by atoms with Gasteiger partial charge in [-0.3, -0.25) is 5.41 Å². The SMILES string of the molecule is CSc1sccc1-c1nc(-c2ccc3c(c2)CCC(OC(=N)NC(=O)O)O3)cs1.Cl. The van der Waals surface area contributed by atoms with Gasteiger partial charge in [0.25, 0.3) is 6.02 Å². The Bertz CT molecular complexity index is 1070. The van der Waals surface area contributed by atoms with Crippen molar-refractivity contribution in [1.29, 1.82) is 5.41 Å². The smallest absolute Gasteiger partial charge is 0.412 e. The van der Waals surface area contributed by atoms with Gasteiger partial charge in [-0.1, -0.05) is 0 Å². The zero-order valence-electron chi connectivity index (χ0n) is 15.7. The van der Waals surface area contributed by atoms with E-state index < -0.39 is 18.4 Å². The second kappa shape index (κ2) is 9.69. The summed E-state index contributed by atoms with van der Waals surface area (Å²) in [4.78, 5) is 15.4. The predicted molar refractivity (Wildman–Crippen MR) is 123 cm³/mol. The zero-order valence-corrected chi connectivity index (χ0v) is 19.0. The zero-order chi connectivity index (χ0) is 20.4. The van der Waals surface area contributed by atoms with Crippen molar-refractivity contribution < 1.29 is 19.4 Å². The van der Waals surface area contributed by atoms with Crippen molar-refractivity contribution in [2.45, 2.75) is 23.3 Å². The van der Waals surface area contributed by atoms with Crippen molar-refractivity contribution in [3.05, 3.63) is 40.6 Å². The number of rotatable bonds is 4. The Balaban J connectivity index is 0.00000256. The van der Waals surface area contributed by atoms with Crippen molar-refractivity contribution in [3.8, 4) is 27.6 Å². The predicted octanol–water partition coefficient (Wildman–Crippen LogP) is 5.55. The first kappa shape index (κ1) is 22.4. The van der Waals surface area contributed by atoms with E-state index in [1.165, 1.54) is 9.77 Å². The molecule has 4 rings (SSSR count). The number of hydrogen-bond donors (Lipinski definition) is 3. The first-order chi connectivity index (χ1) is 14.0. The van der Waals surface area contributed by atoms with Crippen LogP contribution in [0.3, 0.4) is 0 Å². The van der Waals surface area contributed by atoms with Crippen LogP contribution in [-0.4, -0.2) is 34.8 Å². The summed E-state index contributed by atoms with van der Waals surface area (Å²) < 4.78 is 12.2. The lowest BCUT2D eigenvalue weighted by atomic mass is 10.0. The number of carboxylic acid groups (broad SMARTS) is 1. The maximum absolute atomic E-state index is 10.6. The van der Waals surface area contributed by atoms with Crippen molar-refractivity contribution in [1.82, 2.24) is 10.3 Å². The fourth-order valence-corrected chi connectivity index (χ4v) is 5.55. The van der Waals surface area contributed by atoms with Crippen molar-refractivity contribution in [3.63, 3.8) is 0 Å². The molecule has 3 aromatic rings. The molecule has 0 radical (unpaired) electrons. The second-order valence-corrected chi connectivity index (χ2v) is 9.00. The number of amides is 1. The van der Waals surface area contributed by atoms with E-state index in [1.807, 2.05) is 17.4 Å². The van der Waals surface area contributed by atoms with Crippen LogP contribution >= 0.6 is 46.8 Å².